The maximum absolute atomic E-state index is 12.7. The number of nitrogens with zero attached hydrogens (tertiary/aromatic N) is 2. The van der Waals surface area contributed by atoms with E-state index < -0.39 is 17.8 Å². The van der Waals surface area contributed by atoms with Crippen LogP contribution in [0.1, 0.15) is 18.9 Å². The van der Waals surface area contributed by atoms with Crippen molar-refractivity contribution in [3.63, 3.8) is 0 Å². The number of piperazine rings is 1. The molecule has 0 aromatic heterocycles. The summed E-state index contributed by atoms with van der Waals surface area (Å²) >= 11 is 0. The Morgan fingerprint density at radius 2 is 1.96 bits per heavy atom. The Bertz CT molecular complexity index is 554. The molecule has 1 saturated heterocycles. The van der Waals surface area contributed by atoms with Crippen molar-refractivity contribution in [3.8, 4) is 0 Å². The Morgan fingerprint density at radius 1 is 1.29 bits per heavy atom. The van der Waals surface area contributed by atoms with Gasteiger partial charge in [-0.3, -0.25) is 4.90 Å². The number of aliphatic hydroxyl groups is 1. The third-order valence-corrected chi connectivity index (χ3v) is 4.24. The molecule has 1 heterocycles. The molecule has 134 valence electrons. The van der Waals surface area contributed by atoms with Crippen LogP contribution in [-0.2, 0) is 6.18 Å². The van der Waals surface area contributed by atoms with Gasteiger partial charge in [-0.1, -0.05) is 13.0 Å². The van der Waals surface area contributed by atoms with Gasteiger partial charge in [0.2, 0.25) is 0 Å². The third-order valence-electron chi connectivity index (χ3n) is 4.24. The lowest BCUT2D eigenvalue weighted by Crippen LogP contribution is -2.53. The lowest BCUT2D eigenvalue weighted by molar-refractivity contribution is -0.137. The van der Waals surface area contributed by atoms with E-state index in [4.69, 9.17) is 0 Å². The van der Waals surface area contributed by atoms with E-state index in [-0.39, 0.29) is 18.3 Å². The molecular formula is C16H22F3N3O2. The molecule has 8 heteroatoms. The van der Waals surface area contributed by atoms with Crippen molar-refractivity contribution in [2.75, 3.05) is 38.1 Å². The lowest BCUT2D eigenvalue weighted by atomic mass is 10.1. The molecule has 1 fully saturated rings. The molecule has 1 unspecified atom stereocenters. The Labute approximate surface area is 139 Å². The minimum atomic E-state index is -4.44. The number of carbonyl (C=O) groups excluding carboxylic acids is 1. The molecule has 0 bridgehead atoms. The summed E-state index contributed by atoms with van der Waals surface area (Å²) < 4.78 is 38.1. The van der Waals surface area contributed by atoms with Crippen LogP contribution < -0.4 is 5.32 Å². The van der Waals surface area contributed by atoms with Crippen molar-refractivity contribution in [1.29, 1.82) is 0 Å². The average molecular weight is 345 g/mol. The summed E-state index contributed by atoms with van der Waals surface area (Å²) in [5.41, 5.74) is -0.669. The second-order valence-corrected chi connectivity index (χ2v) is 5.78. The molecule has 24 heavy (non-hydrogen) atoms. The van der Waals surface area contributed by atoms with Gasteiger partial charge in [0.1, 0.15) is 0 Å². The number of hydrogen-bond acceptors (Lipinski definition) is 3. The average Bonchev–Trinajstić information content (AvgIpc) is 2.56. The molecule has 0 spiro atoms. The number of alkyl halides is 3. The first-order valence-electron chi connectivity index (χ1n) is 7.93. The number of amides is 2. The zero-order valence-electron chi connectivity index (χ0n) is 13.5. The lowest BCUT2D eigenvalue weighted by Gasteiger charge is -2.38. The Morgan fingerprint density at radius 3 is 2.50 bits per heavy atom. The second kappa shape index (κ2) is 7.85. The van der Waals surface area contributed by atoms with Crippen molar-refractivity contribution in [2.24, 2.45) is 0 Å². The normalized spacial score (nSPS) is 17.6. The number of hydrogen-bond donors (Lipinski definition) is 2. The van der Waals surface area contributed by atoms with Crippen LogP contribution in [0.2, 0.25) is 0 Å². The topological polar surface area (TPSA) is 55.8 Å². The van der Waals surface area contributed by atoms with E-state index in [9.17, 15) is 23.1 Å². The summed E-state index contributed by atoms with van der Waals surface area (Å²) in [5.74, 6) is 0. The van der Waals surface area contributed by atoms with Gasteiger partial charge in [0.25, 0.3) is 0 Å². The third kappa shape index (κ3) is 4.61. The number of rotatable bonds is 4. The van der Waals surface area contributed by atoms with Crippen LogP contribution in [0.5, 0.6) is 0 Å². The van der Waals surface area contributed by atoms with Gasteiger partial charge >= 0.3 is 12.2 Å². The van der Waals surface area contributed by atoms with Crippen molar-refractivity contribution < 1.29 is 23.1 Å². The highest BCUT2D eigenvalue weighted by molar-refractivity contribution is 5.89. The zero-order chi connectivity index (χ0) is 17.7. The van der Waals surface area contributed by atoms with E-state index in [2.05, 4.69) is 10.2 Å². The highest BCUT2D eigenvalue weighted by atomic mass is 19.4. The van der Waals surface area contributed by atoms with Crippen molar-refractivity contribution in [3.05, 3.63) is 29.8 Å². The van der Waals surface area contributed by atoms with Gasteiger partial charge in [-0.2, -0.15) is 13.2 Å². The smallest absolute Gasteiger partial charge is 0.395 e. The van der Waals surface area contributed by atoms with Gasteiger partial charge in [-0.15, -0.1) is 0 Å². The number of anilines is 1. The van der Waals surface area contributed by atoms with Gasteiger partial charge in [0.05, 0.1) is 12.2 Å². The van der Waals surface area contributed by atoms with Gasteiger partial charge in [0.15, 0.2) is 0 Å². The number of carbonyl (C=O) groups is 1. The first kappa shape index (κ1) is 18.5. The molecule has 0 radical (unpaired) electrons. The van der Waals surface area contributed by atoms with E-state index in [1.54, 1.807) is 4.90 Å². The van der Waals surface area contributed by atoms with E-state index in [1.807, 2.05) is 6.92 Å². The summed E-state index contributed by atoms with van der Waals surface area (Å²) in [6.45, 7) is 4.29. The SMILES string of the molecule is CCC(CO)N1CCN(C(=O)Nc2cccc(C(F)(F)F)c2)CC1. The molecule has 0 aliphatic carbocycles. The molecule has 1 aromatic carbocycles. The highest BCUT2D eigenvalue weighted by Crippen LogP contribution is 2.30. The maximum atomic E-state index is 12.7. The van der Waals surface area contributed by atoms with Gasteiger partial charge in [-0.05, 0) is 24.6 Å². The van der Waals surface area contributed by atoms with E-state index in [0.717, 1.165) is 18.6 Å². The Kier molecular flexibility index (Phi) is 6.06. The summed E-state index contributed by atoms with van der Waals surface area (Å²) in [4.78, 5) is 15.9. The van der Waals surface area contributed by atoms with E-state index >= 15 is 0 Å². The number of aliphatic hydroxyl groups excluding tert-OH is 1. The van der Waals surface area contributed by atoms with Crippen molar-refractivity contribution in [1.82, 2.24) is 9.80 Å². The summed E-state index contributed by atoms with van der Waals surface area (Å²) in [5, 5.41) is 11.8. The van der Waals surface area contributed by atoms with Gasteiger partial charge < -0.3 is 15.3 Å². The predicted molar refractivity (Wildman–Crippen MR) is 84.8 cm³/mol. The van der Waals surface area contributed by atoms with E-state index in [0.29, 0.717) is 26.2 Å². The molecule has 2 amide bonds. The Balaban J connectivity index is 1.92. The van der Waals surface area contributed by atoms with Crippen LogP contribution in [0.4, 0.5) is 23.7 Å². The Hall–Kier alpha value is -1.80. The van der Waals surface area contributed by atoms with Crippen LogP contribution in [0.25, 0.3) is 0 Å². The molecule has 2 rings (SSSR count). The van der Waals surface area contributed by atoms with Gasteiger partial charge in [0, 0.05) is 37.9 Å². The van der Waals surface area contributed by atoms with Crippen LogP contribution in [0.15, 0.2) is 24.3 Å². The van der Waals surface area contributed by atoms with Crippen molar-refractivity contribution >= 4 is 11.7 Å². The van der Waals surface area contributed by atoms with Crippen LogP contribution in [0.3, 0.4) is 0 Å². The molecular weight excluding hydrogens is 323 g/mol. The van der Waals surface area contributed by atoms with Crippen molar-refractivity contribution in [2.45, 2.75) is 25.6 Å². The zero-order valence-corrected chi connectivity index (χ0v) is 13.5. The number of urea groups is 1. The highest BCUT2D eigenvalue weighted by Gasteiger charge is 2.31. The first-order valence-corrected chi connectivity index (χ1v) is 7.93. The van der Waals surface area contributed by atoms with E-state index in [1.165, 1.54) is 12.1 Å². The number of benzene rings is 1. The summed E-state index contributed by atoms with van der Waals surface area (Å²) in [6.07, 6.45) is -3.61. The monoisotopic (exact) mass is 345 g/mol. The first-order chi connectivity index (χ1) is 11.3. The van der Waals surface area contributed by atoms with Gasteiger partial charge in [-0.25, -0.2) is 4.79 Å². The minimum Gasteiger partial charge on any atom is -0.395 e. The molecule has 0 saturated carbocycles. The molecule has 1 aromatic rings. The molecule has 1 atom stereocenters. The fourth-order valence-electron chi connectivity index (χ4n) is 2.77. The molecule has 2 N–H and O–H groups in total. The molecule has 1 aliphatic heterocycles. The van der Waals surface area contributed by atoms with Crippen LogP contribution in [0, 0.1) is 0 Å². The maximum Gasteiger partial charge on any atom is 0.416 e. The standard InChI is InChI=1S/C16H22F3N3O2/c1-2-14(11-23)21-6-8-22(9-7-21)15(24)20-13-5-3-4-12(10-13)16(17,18)19/h3-5,10,14,23H,2,6-9,11H2,1H3,(H,20,24). The molecule has 1 aliphatic rings. The number of nitrogens with one attached hydrogen (secondary N) is 1. The fourth-order valence-corrected chi connectivity index (χ4v) is 2.77. The predicted octanol–water partition coefficient (Wildman–Crippen LogP) is 2.63. The number of halogens is 3. The minimum absolute atomic E-state index is 0.0763. The quantitative estimate of drug-likeness (QED) is 0.882. The molecule has 5 nitrogen and oxygen atoms in total. The largest absolute Gasteiger partial charge is 0.416 e. The summed E-state index contributed by atoms with van der Waals surface area (Å²) in [7, 11) is 0. The second-order valence-electron chi connectivity index (χ2n) is 5.78. The van der Waals surface area contributed by atoms with Crippen LogP contribution in [-0.4, -0.2) is 59.8 Å². The fraction of sp³-hybridized carbons (Fsp3) is 0.562. The van der Waals surface area contributed by atoms with Crippen LogP contribution >= 0.6 is 0 Å². The summed E-state index contributed by atoms with van der Waals surface area (Å²) in [6, 6.07) is 4.26.